The molecule has 6 heteroatoms. The highest BCUT2D eigenvalue weighted by Crippen LogP contribution is 2.29. The summed E-state index contributed by atoms with van der Waals surface area (Å²) in [5.74, 6) is -0.145. The fraction of sp³-hybridized carbons (Fsp3) is 0.350. The fourth-order valence-corrected chi connectivity index (χ4v) is 2.83. The number of alkyl halides is 2. The van der Waals surface area contributed by atoms with Crippen molar-refractivity contribution >= 4 is 5.91 Å². The molecule has 1 aliphatic carbocycles. The molecule has 1 aliphatic rings. The van der Waals surface area contributed by atoms with Crippen LogP contribution < -0.4 is 4.74 Å². The van der Waals surface area contributed by atoms with Crippen molar-refractivity contribution in [2.24, 2.45) is 0 Å². The number of rotatable bonds is 8. The first-order chi connectivity index (χ1) is 12.5. The molecule has 0 unspecified atom stereocenters. The van der Waals surface area contributed by atoms with Crippen molar-refractivity contribution in [3.63, 3.8) is 0 Å². The van der Waals surface area contributed by atoms with E-state index < -0.39 is 6.61 Å². The normalized spacial score (nSPS) is 13.7. The van der Waals surface area contributed by atoms with E-state index in [1.165, 1.54) is 24.3 Å². The first kappa shape index (κ1) is 18.3. The average molecular weight is 363 g/mol. The Morgan fingerprint density at radius 1 is 1.04 bits per heavy atom. The lowest BCUT2D eigenvalue weighted by atomic mass is 10.1. The Bertz CT molecular complexity index is 728. The van der Waals surface area contributed by atoms with E-state index in [0.29, 0.717) is 19.4 Å². The first-order valence-corrected chi connectivity index (χ1v) is 8.59. The summed E-state index contributed by atoms with van der Waals surface area (Å²) in [6, 6.07) is 12.8. The molecular weight excluding hydrogens is 343 g/mol. The molecule has 0 aromatic heterocycles. The van der Waals surface area contributed by atoms with Crippen molar-refractivity contribution in [2.45, 2.75) is 44.9 Å². The van der Waals surface area contributed by atoms with Gasteiger partial charge in [-0.05, 0) is 54.7 Å². The third kappa shape index (κ3) is 5.25. The molecule has 0 radical (unpaired) electrons. The number of nitrogens with zero attached hydrogens (tertiary/aromatic N) is 1. The SMILES string of the molecule is O=C(CCc1ccc(OC(F)F)cc1)N(Cc1ccc(F)cc1)C1CC1. The van der Waals surface area contributed by atoms with Crippen LogP contribution in [0.1, 0.15) is 30.4 Å². The maximum absolute atomic E-state index is 13.0. The van der Waals surface area contributed by atoms with Crippen LogP contribution in [0, 0.1) is 5.82 Å². The molecule has 1 fully saturated rings. The van der Waals surface area contributed by atoms with Crippen molar-refractivity contribution in [1.82, 2.24) is 4.90 Å². The van der Waals surface area contributed by atoms with Gasteiger partial charge in [-0.1, -0.05) is 24.3 Å². The third-order valence-electron chi connectivity index (χ3n) is 4.35. The molecule has 0 saturated heterocycles. The topological polar surface area (TPSA) is 29.5 Å². The third-order valence-corrected chi connectivity index (χ3v) is 4.35. The van der Waals surface area contributed by atoms with Gasteiger partial charge in [-0.3, -0.25) is 4.79 Å². The lowest BCUT2D eigenvalue weighted by Gasteiger charge is -2.22. The quantitative estimate of drug-likeness (QED) is 0.689. The predicted molar refractivity (Wildman–Crippen MR) is 91.4 cm³/mol. The monoisotopic (exact) mass is 363 g/mol. The Balaban J connectivity index is 1.55. The zero-order chi connectivity index (χ0) is 18.5. The van der Waals surface area contributed by atoms with Gasteiger partial charge < -0.3 is 9.64 Å². The summed E-state index contributed by atoms with van der Waals surface area (Å²) in [7, 11) is 0. The van der Waals surface area contributed by atoms with Crippen molar-refractivity contribution < 1.29 is 22.7 Å². The number of hydrogen-bond acceptors (Lipinski definition) is 2. The largest absolute Gasteiger partial charge is 0.435 e. The van der Waals surface area contributed by atoms with Gasteiger partial charge in [0.15, 0.2) is 0 Å². The maximum atomic E-state index is 13.0. The molecule has 0 heterocycles. The van der Waals surface area contributed by atoms with Crippen LogP contribution in [0.5, 0.6) is 5.75 Å². The molecule has 0 atom stereocenters. The number of hydrogen-bond donors (Lipinski definition) is 0. The number of carbonyl (C=O) groups is 1. The summed E-state index contributed by atoms with van der Waals surface area (Å²) in [6.45, 7) is -2.37. The van der Waals surface area contributed by atoms with Crippen LogP contribution in [0.25, 0.3) is 0 Å². The predicted octanol–water partition coefficient (Wildman–Crippen LogP) is 4.55. The molecule has 1 saturated carbocycles. The highest BCUT2D eigenvalue weighted by atomic mass is 19.3. The van der Waals surface area contributed by atoms with Crippen molar-refractivity contribution in [3.8, 4) is 5.75 Å². The molecule has 0 N–H and O–H groups in total. The summed E-state index contributed by atoms with van der Waals surface area (Å²) >= 11 is 0. The number of benzene rings is 2. The minimum atomic E-state index is -2.85. The number of carbonyl (C=O) groups excluding carboxylic acids is 1. The van der Waals surface area contributed by atoms with Crippen molar-refractivity contribution in [2.75, 3.05) is 0 Å². The Morgan fingerprint density at radius 2 is 1.65 bits per heavy atom. The lowest BCUT2D eigenvalue weighted by Crippen LogP contribution is -2.32. The summed E-state index contributed by atoms with van der Waals surface area (Å²) < 4.78 is 41.6. The zero-order valence-electron chi connectivity index (χ0n) is 14.2. The summed E-state index contributed by atoms with van der Waals surface area (Å²) in [4.78, 5) is 14.5. The molecule has 0 bridgehead atoms. The lowest BCUT2D eigenvalue weighted by molar-refractivity contribution is -0.132. The average Bonchev–Trinajstić information content (AvgIpc) is 3.45. The van der Waals surface area contributed by atoms with Gasteiger partial charge in [0, 0.05) is 19.0 Å². The van der Waals surface area contributed by atoms with Gasteiger partial charge in [0.05, 0.1) is 0 Å². The smallest absolute Gasteiger partial charge is 0.387 e. The minimum Gasteiger partial charge on any atom is -0.435 e. The van der Waals surface area contributed by atoms with Gasteiger partial charge in [-0.2, -0.15) is 8.78 Å². The van der Waals surface area contributed by atoms with Gasteiger partial charge in [0.1, 0.15) is 11.6 Å². The van der Waals surface area contributed by atoms with E-state index in [9.17, 15) is 18.0 Å². The zero-order valence-corrected chi connectivity index (χ0v) is 14.2. The standard InChI is InChI=1S/C20H20F3NO2/c21-16-6-1-15(2-7-16)13-24(17-8-9-17)19(25)12-5-14-3-10-18(11-4-14)26-20(22)23/h1-4,6-7,10-11,17,20H,5,8-9,12-13H2. The molecule has 2 aromatic rings. The second-order valence-electron chi connectivity index (χ2n) is 6.40. The highest BCUT2D eigenvalue weighted by molar-refractivity contribution is 5.77. The van der Waals surface area contributed by atoms with E-state index in [-0.39, 0.29) is 23.5 Å². The minimum absolute atomic E-state index is 0.0460. The van der Waals surface area contributed by atoms with Gasteiger partial charge in [-0.15, -0.1) is 0 Å². The van der Waals surface area contributed by atoms with Crippen molar-refractivity contribution in [1.29, 1.82) is 0 Å². The second-order valence-corrected chi connectivity index (χ2v) is 6.40. The molecular formula is C20H20F3NO2. The van der Waals surface area contributed by atoms with Crippen LogP contribution in [0.4, 0.5) is 13.2 Å². The van der Waals surface area contributed by atoms with Crippen LogP contribution in [-0.4, -0.2) is 23.5 Å². The second kappa shape index (κ2) is 8.25. The van der Waals surface area contributed by atoms with Crippen molar-refractivity contribution in [3.05, 3.63) is 65.5 Å². The Hall–Kier alpha value is -2.50. The summed E-state index contributed by atoms with van der Waals surface area (Å²) in [5.41, 5.74) is 1.79. The highest BCUT2D eigenvalue weighted by Gasteiger charge is 2.32. The molecule has 0 spiro atoms. The van der Waals surface area contributed by atoms with Gasteiger partial charge >= 0.3 is 6.61 Å². The van der Waals surface area contributed by atoms with Crippen LogP contribution in [0.2, 0.25) is 0 Å². The number of aryl methyl sites for hydroxylation is 1. The molecule has 3 nitrogen and oxygen atoms in total. The van der Waals surface area contributed by atoms with Crippen LogP contribution in [0.15, 0.2) is 48.5 Å². The van der Waals surface area contributed by atoms with Crippen LogP contribution in [-0.2, 0) is 17.8 Å². The van der Waals surface area contributed by atoms with E-state index in [4.69, 9.17) is 0 Å². The van der Waals surface area contributed by atoms with E-state index in [2.05, 4.69) is 4.74 Å². The number of halogens is 3. The molecule has 26 heavy (non-hydrogen) atoms. The van der Waals surface area contributed by atoms with Gasteiger partial charge in [0.2, 0.25) is 5.91 Å². The summed E-state index contributed by atoms with van der Waals surface area (Å²) in [6.07, 6.45) is 2.85. The Kier molecular flexibility index (Phi) is 5.81. The molecule has 138 valence electrons. The molecule has 2 aromatic carbocycles. The fourth-order valence-electron chi connectivity index (χ4n) is 2.83. The Morgan fingerprint density at radius 3 is 2.23 bits per heavy atom. The van der Waals surface area contributed by atoms with Crippen LogP contribution >= 0.6 is 0 Å². The van der Waals surface area contributed by atoms with Crippen LogP contribution in [0.3, 0.4) is 0 Å². The van der Waals surface area contributed by atoms with E-state index in [1.54, 1.807) is 24.3 Å². The van der Waals surface area contributed by atoms with E-state index in [1.807, 2.05) is 4.90 Å². The molecule has 3 rings (SSSR count). The van der Waals surface area contributed by atoms with Gasteiger partial charge in [0.25, 0.3) is 0 Å². The first-order valence-electron chi connectivity index (χ1n) is 8.59. The number of ether oxygens (including phenoxy) is 1. The van der Waals surface area contributed by atoms with E-state index in [0.717, 1.165) is 24.0 Å². The maximum Gasteiger partial charge on any atom is 0.387 e. The molecule has 0 aliphatic heterocycles. The summed E-state index contributed by atoms with van der Waals surface area (Å²) in [5, 5.41) is 0. The molecule has 1 amide bonds. The Labute approximate surface area is 150 Å². The number of amides is 1. The van der Waals surface area contributed by atoms with E-state index >= 15 is 0 Å². The van der Waals surface area contributed by atoms with Gasteiger partial charge in [-0.25, -0.2) is 4.39 Å².